The molecule has 0 radical (unpaired) electrons. The van der Waals surface area contributed by atoms with Crippen LogP contribution in [0.5, 0.6) is 0 Å². The van der Waals surface area contributed by atoms with Crippen LogP contribution in [0.2, 0.25) is 0 Å². The third kappa shape index (κ3) is 1.61. The van der Waals surface area contributed by atoms with Gasteiger partial charge in [0, 0.05) is 11.9 Å². The van der Waals surface area contributed by atoms with Crippen LogP contribution in [0, 0.1) is 0 Å². The Hall–Kier alpha value is -1.81. The highest BCUT2D eigenvalue weighted by molar-refractivity contribution is 7.95. The second kappa shape index (κ2) is 3.60. The maximum atomic E-state index is 12.3. The average Bonchev–Trinajstić information content (AvgIpc) is 2.90. The zero-order chi connectivity index (χ0) is 11.9. The lowest BCUT2D eigenvalue weighted by atomic mass is 10.4. The summed E-state index contributed by atoms with van der Waals surface area (Å²) >= 11 is 0. The van der Waals surface area contributed by atoms with Crippen LogP contribution >= 0.6 is 0 Å². The monoisotopic (exact) mass is 245 g/mol. The van der Waals surface area contributed by atoms with Gasteiger partial charge in [-0.3, -0.25) is 0 Å². The molecule has 2 aromatic rings. The largest absolute Gasteiger partial charge is 0.343 e. The van der Waals surface area contributed by atoms with Crippen LogP contribution in [-0.2, 0) is 16.4 Å². The predicted octanol–water partition coefficient (Wildman–Crippen LogP) is 2.32. The van der Waals surface area contributed by atoms with Gasteiger partial charge < -0.3 is 4.57 Å². The zero-order valence-corrected chi connectivity index (χ0v) is 9.89. The number of allylic oxidation sites excluding steroid dienone is 1. The third-order valence-electron chi connectivity index (χ3n) is 2.90. The highest BCUT2D eigenvalue weighted by Gasteiger charge is 2.24. The second-order valence-corrected chi connectivity index (χ2v) is 5.99. The highest BCUT2D eigenvalue weighted by atomic mass is 32.2. The number of fused-ring (bicyclic) bond motifs is 1. The van der Waals surface area contributed by atoms with E-state index in [1.165, 1.54) is 0 Å². The lowest BCUT2D eigenvalue weighted by molar-refractivity contribution is 0.599. The zero-order valence-electron chi connectivity index (χ0n) is 9.08. The second-order valence-electron chi connectivity index (χ2n) is 3.99. The Morgan fingerprint density at radius 2 is 1.76 bits per heavy atom. The molecule has 1 aromatic carbocycles. The molecule has 0 N–H and O–H groups in total. The van der Waals surface area contributed by atoms with Crippen LogP contribution in [0.25, 0.3) is 6.08 Å². The molecule has 17 heavy (non-hydrogen) atoms. The molecular weight excluding hydrogens is 234 g/mol. The van der Waals surface area contributed by atoms with Gasteiger partial charge >= 0.3 is 0 Å². The first-order valence-corrected chi connectivity index (χ1v) is 6.82. The first-order valence-electron chi connectivity index (χ1n) is 5.34. The van der Waals surface area contributed by atoms with Crippen molar-refractivity contribution in [1.82, 2.24) is 4.57 Å². The summed E-state index contributed by atoms with van der Waals surface area (Å²) in [7, 11) is -3.34. The molecule has 1 aliphatic rings. The molecule has 0 saturated heterocycles. The quantitative estimate of drug-likeness (QED) is 0.814. The van der Waals surface area contributed by atoms with E-state index in [-0.39, 0.29) is 0 Å². The Labute approximate surface area is 99.9 Å². The van der Waals surface area contributed by atoms with Crippen LogP contribution in [0.1, 0.15) is 5.69 Å². The number of aromatic nitrogens is 1. The van der Waals surface area contributed by atoms with Crippen LogP contribution in [0.15, 0.2) is 58.5 Å². The fraction of sp³-hybridized carbons (Fsp3) is 0.0769. The van der Waals surface area contributed by atoms with Gasteiger partial charge in [0.2, 0.25) is 9.84 Å². The number of rotatable bonds is 2. The molecule has 0 saturated carbocycles. The maximum Gasteiger partial charge on any atom is 0.204 e. The molecule has 1 aromatic heterocycles. The SMILES string of the molecule is O=S(=O)(C1=Cc2cccn2C1)c1ccccc1. The lowest BCUT2D eigenvalue weighted by Gasteiger charge is -2.05. The van der Waals surface area contributed by atoms with Crippen LogP contribution in [0.3, 0.4) is 0 Å². The van der Waals surface area contributed by atoms with Crippen molar-refractivity contribution in [2.45, 2.75) is 11.4 Å². The minimum atomic E-state index is -3.34. The molecule has 0 unspecified atom stereocenters. The lowest BCUT2D eigenvalue weighted by Crippen LogP contribution is -2.06. The Kier molecular flexibility index (Phi) is 2.19. The minimum absolute atomic E-state index is 0.358. The van der Waals surface area contributed by atoms with E-state index in [4.69, 9.17) is 0 Å². The van der Waals surface area contributed by atoms with Gasteiger partial charge in [0.15, 0.2) is 0 Å². The van der Waals surface area contributed by atoms with E-state index in [1.54, 1.807) is 30.3 Å². The number of sulfone groups is 1. The molecule has 4 heteroatoms. The summed E-state index contributed by atoms with van der Waals surface area (Å²) in [5.74, 6) is 0. The summed E-state index contributed by atoms with van der Waals surface area (Å²) in [6.45, 7) is 0.430. The Balaban J connectivity index is 2.05. The molecule has 3 nitrogen and oxygen atoms in total. The number of hydrogen-bond donors (Lipinski definition) is 0. The first kappa shape index (κ1) is 10.4. The van der Waals surface area contributed by atoms with Gasteiger partial charge in [-0.15, -0.1) is 0 Å². The summed E-state index contributed by atoms with van der Waals surface area (Å²) in [6.07, 6.45) is 3.63. The number of hydrogen-bond acceptors (Lipinski definition) is 2. The van der Waals surface area contributed by atoms with Gasteiger partial charge in [-0.2, -0.15) is 0 Å². The predicted molar refractivity (Wildman–Crippen MR) is 66.0 cm³/mol. The maximum absolute atomic E-state index is 12.3. The molecule has 0 fully saturated rings. The van der Waals surface area contributed by atoms with Gasteiger partial charge in [-0.05, 0) is 30.3 Å². The van der Waals surface area contributed by atoms with E-state index in [0.717, 1.165) is 5.69 Å². The molecule has 3 rings (SSSR count). The molecule has 0 atom stereocenters. The molecule has 0 spiro atoms. The highest BCUT2D eigenvalue weighted by Crippen LogP contribution is 2.27. The van der Waals surface area contributed by atoms with Crippen molar-refractivity contribution in [3.63, 3.8) is 0 Å². The molecule has 86 valence electrons. The van der Waals surface area contributed by atoms with Crippen molar-refractivity contribution >= 4 is 15.9 Å². The molecule has 2 heterocycles. The number of nitrogens with zero attached hydrogens (tertiary/aromatic N) is 1. The summed E-state index contributed by atoms with van der Waals surface area (Å²) < 4.78 is 26.6. The third-order valence-corrected chi connectivity index (χ3v) is 4.73. The van der Waals surface area contributed by atoms with Crippen molar-refractivity contribution in [3.8, 4) is 0 Å². The fourth-order valence-electron chi connectivity index (χ4n) is 1.99. The van der Waals surface area contributed by atoms with Gasteiger partial charge in [-0.1, -0.05) is 18.2 Å². The molecule has 0 amide bonds. The molecule has 0 bridgehead atoms. The van der Waals surface area contributed by atoms with E-state index < -0.39 is 9.84 Å². The summed E-state index contributed by atoms with van der Waals surface area (Å²) in [5, 5.41) is 0. The van der Waals surface area contributed by atoms with Gasteiger partial charge in [0.25, 0.3) is 0 Å². The summed E-state index contributed by atoms with van der Waals surface area (Å²) in [4.78, 5) is 0.816. The number of benzene rings is 1. The van der Waals surface area contributed by atoms with Crippen molar-refractivity contribution in [1.29, 1.82) is 0 Å². The summed E-state index contributed by atoms with van der Waals surface area (Å²) in [6, 6.07) is 12.4. The van der Waals surface area contributed by atoms with Gasteiger partial charge in [0.1, 0.15) is 0 Å². The van der Waals surface area contributed by atoms with Crippen LogP contribution in [0.4, 0.5) is 0 Å². The molecule has 0 aliphatic carbocycles. The van der Waals surface area contributed by atoms with Crippen molar-refractivity contribution < 1.29 is 8.42 Å². The molecule has 1 aliphatic heterocycles. The Morgan fingerprint density at radius 3 is 2.47 bits per heavy atom. The van der Waals surface area contributed by atoms with E-state index in [2.05, 4.69) is 0 Å². The van der Waals surface area contributed by atoms with E-state index in [9.17, 15) is 8.42 Å². The fourth-order valence-corrected chi connectivity index (χ4v) is 3.40. The minimum Gasteiger partial charge on any atom is -0.343 e. The average molecular weight is 245 g/mol. The van der Waals surface area contributed by atoms with E-state index in [1.807, 2.05) is 29.0 Å². The van der Waals surface area contributed by atoms with Gasteiger partial charge in [0.05, 0.1) is 16.3 Å². The van der Waals surface area contributed by atoms with Crippen molar-refractivity contribution in [3.05, 3.63) is 59.3 Å². The Bertz CT molecular complexity index is 681. The van der Waals surface area contributed by atoms with Crippen LogP contribution in [-0.4, -0.2) is 13.0 Å². The first-order chi connectivity index (χ1) is 8.18. The van der Waals surface area contributed by atoms with Crippen LogP contribution < -0.4 is 0 Å². The van der Waals surface area contributed by atoms with E-state index >= 15 is 0 Å². The smallest absolute Gasteiger partial charge is 0.204 e. The molecular formula is C13H11NO2S. The standard InChI is InChI=1S/C13H11NO2S/c15-17(16,12-6-2-1-3-7-12)13-9-11-5-4-8-14(11)10-13/h1-9H,10H2. The normalized spacial score (nSPS) is 14.5. The Morgan fingerprint density at radius 1 is 1.00 bits per heavy atom. The van der Waals surface area contributed by atoms with Gasteiger partial charge in [-0.25, -0.2) is 8.42 Å². The topological polar surface area (TPSA) is 39.1 Å². The van der Waals surface area contributed by atoms with Crippen molar-refractivity contribution in [2.24, 2.45) is 0 Å². The van der Waals surface area contributed by atoms with E-state index in [0.29, 0.717) is 16.3 Å². The van der Waals surface area contributed by atoms with Crippen molar-refractivity contribution in [2.75, 3.05) is 0 Å². The summed E-state index contributed by atoms with van der Waals surface area (Å²) in [5.41, 5.74) is 0.944.